The van der Waals surface area contributed by atoms with Gasteiger partial charge in [-0.1, -0.05) is 41.1 Å². The number of rotatable bonds is 2. The van der Waals surface area contributed by atoms with Crippen LogP contribution in [0.1, 0.15) is 5.56 Å². The normalized spacial score (nSPS) is 12.6. The number of hydrogen-bond donors (Lipinski definition) is 0. The molecule has 0 saturated heterocycles. The Morgan fingerprint density at radius 1 is 1.05 bits per heavy atom. The summed E-state index contributed by atoms with van der Waals surface area (Å²) in [6, 6.07) is 14.0. The summed E-state index contributed by atoms with van der Waals surface area (Å²) in [7, 11) is 0. The molecule has 5 heteroatoms. The monoisotopic (exact) mass is 279 g/mol. The van der Waals surface area contributed by atoms with Crippen LogP contribution in [-0.4, -0.2) is 21.8 Å². The molecule has 0 saturated carbocycles. The lowest BCUT2D eigenvalue weighted by Gasteiger charge is -2.09. The second kappa shape index (κ2) is 4.63. The first-order chi connectivity index (χ1) is 10.3. The predicted molar refractivity (Wildman–Crippen MR) is 77.7 cm³/mol. The van der Waals surface area contributed by atoms with E-state index in [2.05, 4.69) is 41.5 Å². The molecule has 1 aromatic heterocycles. The molecule has 5 nitrogen and oxygen atoms in total. The van der Waals surface area contributed by atoms with Crippen molar-refractivity contribution in [2.24, 2.45) is 0 Å². The fraction of sp³-hybridized carbons (Fsp3) is 0.125. The standard InChI is InChI=1S/C16H13N3O2/c1-11-5-7-12(8-6-11)14-9-17-18-19(14)13-3-2-4-15-16(13)21-10-20-15/h2-9H,10H2,1H3. The van der Waals surface area contributed by atoms with Crippen LogP contribution in [-0.2, 0) is 0 Å². The third-order valence-electron chi connectivity index (χ3n) is 3.50. The van der Waals surface area contributed by atoms with E-state index < -0.39 is 0 Å². The maximum absolute atomic E-state index is 5.55. The molecule has 3 aromatic rings. The van der Waals surface area contributed by atoms with E-state index in [1.807, 2.05) is 18.2 Å². The molecule has 0 unspecified atom stereocenters. The predicted octanol–water partition coefficient (Wildman–Crippen LogP) is 2.97. The van der Waals surface area contributed by atoms with Crippen molar-refractivity contribution in [1.82, 2.24) is 15.0 Å². The van der Waals surface area contributed by atoms with Crippen molar-refractivity contribution in [1.29, 1.82) is 0 Å². The smallest absolute Gasteiger partial charge is 0.231 e. The minimum Gasteiger partial charge on any atom is -0.454 e. The summed E-state index contributed by atoms with van der Waals surface area (Å²) in [5, 5.41) is 8.23. The highest BCUT2D eigenvalue weighted by Crippen LogP contribution is 2.38. The highest BCUT2D eigenvalue weighted by Gasteiger charge is 2.21. The molecule has 0 N–H and O–H groups in total. The van der Waals surface area contributed by atoms with E-state index in [1.54, 1.807) is 10.9 Å². The Bertz CT molecular complexity index is 794. The summed E-state index contributed by atoms with van der Waals surface area (Å²) in [6.45, 7) is 2.30. The van der Waals surface area contributed by atoms with Crippen LogP contribution in [0.2, 0.25) is 0 Å². The summed E-state index contributed by atoms with van der Waals surface area (Å²) in [5.41, 5.74) is 4.02. The molecule has 0 spiro atoms. The number of benzene rings is 2. The first kappa shape index (κ1) is 12.0. The minimum absolute atomic E-state index is 0.237. The summed E-state index contributed by atoms with van der Waals surface area (Å²) < 4.78 is 12.7. The number of hydrogen-bond acceptors (Lipinski definition) is 4. The highest BCUT2D eigenvalue weighted by atomic mass is 16.7. The first-order valence-electron chi connectivity index (χ1n) is 6.70. The number of fused-ring (bicyclic) bond motifs is 1. The van der Waals surface area contributed by atoms with Crippen LogP contribution in [0.3, 0.4) is 0 Å². The fourth-order valence-corrected chi connectivity index (χ4v) is 2.42. The lowest BCUT2D eigenvalue weighted by atomic mass is 10.1. The zero-order valence-electron chi connectivity index (χ0n) is 11.5. The fourth-order valence-electron chi connectivity index (χ4n) is 2.42. The van der Waals surface area contributed by atoms with Crippen LogP contribution in [0.15, 0.2) is 48.7 Å². The lowest BCUT2D eigenvalue weighted by Crippen LogP contribution is -2.01. The average Bonchev–Trinajstić information content (AvgIpc) is 3.16. The Kier molecular flexibility index (Phi) is 2.64. The molecule has 0 amide bonds. The van der Waals surface area contributed by atoms with Gasteiger partial charge in [0.05, 0.1) is 11.9 Å². The molecular weight excluding hydrogens is 266 g/mol. The highest BCUT2D eigenvalue weighted by molar-refractivity contribution is 5.65. The number of ether oxygens (including phenoxy) is 2. The molecule has 0 bridgehead atoms. The number of para-hydroxylation sites is 1. The van der Waals surface area contributed by atoms with Crippen molar-refractivity contribution in [2.45, 2.75) is 6.92 Å². The summed E-state index contributed by atoms with van der Waals surface area (Å²) >= 11 is 0. The molecule has 21 heavy (non-hydrogen) atoms. The molecule has 1 aliphatic heterocycles. The van der Waals surface area contributed by atoms with E-state index in [4.69, 9.17) is 9.47 Å². The molecule has 0 atom stereocenters. The molecule has 2 heterocycles. The maximum atomic E-state index is 5.55. The van der Waals surface area contributed by atoms with Gasteiger partial charge in [-0.25, -0.2) is 4.68 Å². The Balaban J connectivity index is 1.86. The van der Waals surface area contributed by atoms with E-state index in [1.165, 1.54) is 5.56 Å². The largest absolute Gasteiger partial charge is 0.454 e. The SMILES string of the molecule is Cc1ccc(-c2cnnn2-c2cccc3c2OCO3)cc1. The quantitative estimate of drug-likeness (QED) is 0.723. The molecule has 4 rings (SSSR count). The summed E-state index contributed by atoms with van der Waals surface area (Å²) in [6.07, 6.45) is 1.75. The molecule has 1 aliphatic rings. The second-order valence-electron chi connectivity index (χ2n) is 4.91. The molecule has 2 aromatic carbocycles. The number of aryl methyl sites for hydroxylation is 1. The van der Waals surface area contributed by atoms with E-state index in [0.29, 0.717) is 5.75 Å². The van der Waals surface area contributed by atoms with Gasteiger partial charge in [0, 0.05) is 5.56 Å². The molecule has 0 radical (unpaired) electrons. The van der Waals surface area contributed by atoms with Gasteiger partial charge in [-0.3, -0.25) is 0 Å². The maximum Gasteiger partial charge on any atom is 0.231 e. The Labute approximate surface area is 121 Å². The van der Waals surface area contributed by atoms with Crippen molar-refractivity contribution >= 4 is 0 Å². The van der Waals surface area contributed by atoms with Gasteiger partial charge in [0.15, 0.2) is 11.5 Å². The van der Waals surface area contributed by atoms with E-state index in [0.717, 1.165) is 22.7 Å². The van der Waals surface area contributed by atoms with E-state index in [-0.39, 0.29) is 6.79 Å². The second-order valence-corrected chi connectivity index (χ2v) is 4.91. The van der Waals surface area contributed by atoms with Gasteiger partial charge in [-0.15, -0.1) is 5.10 Å². The van der Waals surface area contributed by atoms with Crippen LogP contribution in [0.5, 0.6) is 11.5 Å². The Morgan fingerprint density at radius 3 is 2.76 bits per heavy atom. The average molecular weight is 279 g/mol. The van der Waals surface area contributed by atoms with Gasteiger partial charge in [-0.2, -0.15) is 0 Å². The van der Waals surface area contributed by atoms with Crippen molar-refractivity contribution in [3.63, 3.8) is 0 Å². The zero-order chi connectivity index (χ0) is 14.2. The van der Waals surface area contributed by atoms with Gasteiger partial charge < -0.3 is 9.47 Å². The summed E-state index contributed by atoms with van der Waals surface area (Å²) in [5.74, 6) is 1.44. The third-order valence-corrected chi connectivity index (χ3v) is 3.50. The van der Waals surface area contributed by atoms with Gasteiger partial charge in [0.1, 0.15) is 5.69 Å². The van der Waals surface area contributed by atoms with Gasteiger partial charge in [0.25, 0.3) is 0 Å². The van der Waals surface area contributed by atoms with Crippen LogP contribution in [0.25, 0.3) is 16.9 Å². The molecule has 104 valence electrons. The van der Waals surface area contributed by atoms with E-state index >= 15 is 0 Å². The van der Waals surface area contributed by atoms with Crippen LogP contribution < -0.4 is 9.47 Å². The lowest BCUT2D eigenvalue weighted by molar-refractivity contribution is 0.173. The van der Waals surface area contributed by atoms with E-state index in [9.17, 15) is 0 Å². The van der Waals surface area contributed by atoms with Gasteiger partial charge in [-0.05, 0) is 19.1 Å². The molecule has 0 fully saturated rings. The van der Waals surface area contributed by atoms with Gasteiger partial charge >= 0.3 is 0 Å². The van der Waals surface area contributed by atoms with Gasteiger partial charge in [0.2, 0.25) is 6.79 Å². The Morgan fingerprint density at radius 2 is 1.90 bits per heavy atom. The molecular formula is C16H13N3O2. The third kappa shape index (κ3) is 1.94. The minimum atomic E-state index is 0.237. The van der Waals surface area contributed by atoms with Crippen molar-refractivity contribution in [2.75, 3.05) is 6.79 Å². The van der Waals surface area contributed by atoms with Crippen LogP contribution in [0.4, 0.5) is 0 Å². The Hall–Kier alpha value is -2.82. The number of nitrogens with zero attached hydrogens (tertiary/aromatic N) is 3. The van der Waals surface area contributed by atoms with Crippen molar-refractivity contribution < 1.29 is 9.47 Å². The molecule has 0 aliphatic carbocycles. The zero-order valence-corrected chi connectivity index (χ0v) is 11.5. The topological polar surface area (TPSA) is 49.2 Å². The first-order valence-corrected chi connectivity index (χ1v) is 6.70. The van der Waals surface area contributed by atoms with Crippen LogP contribution >= 0.6 is 0 Å². The van der Waals surface area contributed by atoms with Crippen LogP contribution in [0, 0.1) is 6.92 Å². The summed E-state index contributed by atoms with van der Waals surface area (Å²) in [4.78, 5) is 0. The van der Waals surface area contributed by atoms with Crippen molar-refractivity contribution in [3.05, 3.63) is 54.2 Å². The van der Waals surface area contributed by atoms with Crippen molar-refractivity contribution in [3.8, 4) is 28.4 Å². The number of aromatic nitrogens is 3.